The molecule has 1 atom stereocenters. The van der Waals surface area contributed by atoms with Crippen LogP contribution in [-0.4, -0.2) is 53.0 Å². The van der Waals surface area contributed by atoms with Crippen molar-refractivity contribution in [3.63, 3.8) is 0 Å². The molecule has 0 amide bonds. The molecule has 21 heavy (non-hydrogen) atoms. The molecule has 1 aromatic rings. The Morgan fingerprint density at radius 1 is 1.10 bits per heavy atom. The van der Waals surface area contributed by atoms with Gasteiger partial charge in [-0.3, -0.25) is 4.90 Å². The normalized spacial score (nSPS) is 27.8. The molecule has 1 aromatic heterocycles. The van der Waals surface area contributed by atoms with Crippen LogP contribution in [0, 0.1) is 5.41 Å². The molecule has 2 aliphatic rings. The van der Waals surface area contributed by atoms with Gasteiger partial charge in [0.05, 0.1) is 0 Å². The van der Waals surface area contributed by atoms with Gasteiger partial charge >= 0.3 is 0 Å². The maximum absolute atomic E-state index is 4.55. The van der Waals surface area contributed by atoms with Gasteiger partial charge in [-0.25, -0.2) is 9.97 Å². The van der Waals surface area contributed by atoms with Crippen LogP contribution in [-0.2, 0) is 12.0 Å². The highest BCUT2D eigenvalue weighted by molar-refractivity contribution is 5.10. The minimum atomic E-state index is 0.0324. The van der Waals surface area contributed by atoms with E-state index in [9.17, 15) is 0 Å². The van der Waals surface area contributed by atoms with E-state index < -0.39 is 0 Å². The fourth-order valence-corrected chi connectivity index (χ4v) is 3.74. The first-order valence-electron chi connectivity index (χ1n) is 8.09. The van der Waals surface area contributed by atoms with Crippen molar-refractivity contribution in [1.29, 1.82) is 0 Å². The molecule has 4 nitrogen and oxygen atoms in total. The van der Waals surface area contributed by atoms with Crippen molar-refractivity contribution in [1.82, 2.24) is 19.8 Å². The van der Waals surface area contributed by atoms with Crippen molar-refractivity contribution in [2.24, 2.45) is 5.41 Å². The third kappa shape index (κ3) is 3.27. The van der Waals surface area contributed by atoms with Gasteiger partial charge in [-0.1, -0.05) is 20.8 Å². The molecule has 116 valence electrons. The van der Waals surface area contributed by atoms with Crippen molar-refractivity contribution in [2.45, 2.75) is 45.6 Å². The van der Waals surface area contributed by atoms with E-state index in [1.54, 1.807) is 0 Å². The van der Waals surface area contributed by atoms with Crippen molar-refractivity contribution in [3.8, 4) is 0 Å². The second kappa shape index (κ2) is 5.33. The molecule has 1 spiro atoms. The lowest BCUT2D eigenvalue weighted by molar-refractivity contribution is 0.250. The molecule has 0 aliphatic carbocycles. The van der Waals surface area contributed by atoms with E-state index >= 15 is 0 Å². The lowest BCUT2D eigenvalue weighted by Crippen LogP contribution is -2.29. The summed E-state index contributed by atoms with van der Waals surface area (Å²) in [5.41, 5.74) is 1.83. The van der Waals surface area contributed by atoms with Gasteiger partial charge in [0.1, 0.15) is 5.82 Å². The van der Waals surface area contributed by atoms with Crippen LogP contribution in [0.3, 0.4) is 0 Å². The van der Waals surface area contributed by atoms with Crippen LogP contribution in [0.5, 0.6) is 0 Å². The number of likely N-dealkylation sites (tertiary alicyclic amines) is 2. The Kier molecular flexibility index (Phi) is 3.78. The molecule has 0 bridgehead atoms. The average Bonchev–Trinajstić information content (AvgIpc) is 2.96. The largest absolute Gasteiger partial charge is 0.306 e. The molecule has 1 unspecified atom stereocenters. The summed E-state index contributed by atoms with van der Waals surface area (Å²) >= 11 is 0. The molecule has 3 rings (SSSR count). The summed E-state index contributed by atoms with van der Waals surface area (Å²) in [5.74, 6) is 0.932. The van der Waals surface area contributed by atoms with Gasteiger partial charge in [0.2, 0.25) is 0 Å². The molecule has 0 aromatic carbocycles. The summed E-state index contributed by atoms with van der Waals surface area (Å²) in [5, 5.41) is 0. The first-order valence-corrected chi connectivity index (χ1v) is 8.09. The van der Waals surface area contributed by atoms with Crippen LogP contribution < -0.4 is 0 Å². The number of hydrogen-bond donors (Lipinski definition) is 0. The Bertz CT molecular complexity index is 491. The summed E-state index contributed by atoms with van der Waals surface area (Å²) < 4.78 is 0. The van der Waals surface area contributed by atoms with Gasteiger partial charge in [-0.05, 0) is 38.4 Å². The van der Waals surface area contributed by atoms with Crippen molar-refractivity contribution >= 4 is 0 Å². The zero-order valence-electron chi connectivity index (χ0n) is 13.9. The molecule has 2 fully saturated rings. The maximum atomic E-state index is 4.55. The topological polar surface area (TPSA) is 32.3 Å². The maximum Gasteiger partial charge on any atom is 0.133 e. The molecule has 2 saturated heterocycles. The zero-order chi connectivity index (χ0) is 15.1. The number of rotatable bonds is 2. The van der Waals surface area contributed by atoms with Gasteiger partial charge in [0.15, 0.2) is 0 Å². The summed E-state index contributed by atoms with van der Waals surface area (Å²) in [4.78, 5) is 14.1. The van der Waals surface area contributed by atoms with E-state index in [-0.39, 0.29) is 5.41 Å². The number of hydrogen-bond acceptors (Lipinski definition) is 4. The predicted octanol–water partition coefficient (Wildman–Crippen LogP) is 2.30. The molecular formula is C17H28N4. The SMILES string of the molecule is CN1CCC2(CCN(Cc3cnc(C(C)(C)C)nc3)C2)C1. The zero-order valence-corrected chi connectivity index (χ0v) is 13.9. The van der Waals surface area contributed by atoms with Gasteiger partial charge in [0, 0.05) is 43.0 Å². The van der Waals surface area contributed by atoms with Crippen molar-refractivity contribution in [2.75, 3.05) is 33.2 Å². The molecule has 0 saturated carbocycles. The first kappa shape index (κ1) is 14.9. The van der Waals surface area contributed by atoms with E-state index in [0.29, 0.717) is 5.41 Å². The van der Waals surface area contributed by atoms with Crippen LogP contribution in [0.25, 0.3) is 0 Å². The standard InChI is InChI=1S/C17H28N4/c1-16(2,3)15-18-9-14(10-19-15)11-21-8-6-17(13-21)5-7-20(4)12-17/h9-10H,5-8,11-13H2,1-4H3. The minimum absolute atomic E-state index is 0.0324. The van der Waals surface area contributed by atoms with Gasteiger partial charge in [-0.2, -0.15) is 0 Å². The van der Waals surface area contributed by atoms with Gasteiger partial charge in [-0.15, -0.1) is 0 Å². The average molecular weight is 288 g/mol. The minimum Gasteiger partial charge on any atom is -0.306 e. The summed E-state index contributed by atoms with van der Waals surface area (Å²) in [6.07, 6.45) is 6.73. The molecule has 4 heteroatoms. The number of aromatic nitrogens is 2. The van der Waals surface area contributed by atoms with Crippen molar-refractivity contribution < 1.29 is 0 Å². The van der Waals surface area contributed by atoms with Crippen LogP contribution in [0.1, 0.15) is 45.0 Å². The fraction of sp³-hybridized carbons (Fsp3) is 0.765. The number of nitrogens with zero attached hydrogens (tertiary/aromatic N) is 4. The van der Waals surface area contributed by atoms with Crippen LogP contribution in [0.4, 0.5) is 0 Å². The molecule has 0 N–H and O–H groups in total. The predicted molar refractivity (Wildman–Crippen MR) is 85.2 cm³/mol. The van der Waals surface area contributed by atoms with E-state index in [0.717, 1.165) is 12.4 Å². The summed E-state index contributed by atoms with van der Waals surface area (Å²) in [6, 6.07) is 0. The highest BCUT2D eigenvalue weighted by Crippen LogP contribution is 2.39. The summed E-state index contributed by atoms with van der Waals surface area (Å²) in [7, 11) is 2.25. The smallest absolute Gasteiger partial charge is 0.133 e. The Morgan fingerprint density at radius 3 is 2.33 bits per heavy atom. The van der Waals surface area contributed by atoms with Gasteiger partial charge in [0.25, 0.3) is 0 Å². The van der Waals surface area contributed by atoms with Crippen molar-refractivity contribution in [3.05, 3.63) is 23.8 Å². The molecular weight excluding hydrogens is 260 g/mol. The first-order chi connectivity index (χ1) is 9.86. The molecule has 0 radical (unpaired) electrons. The quantitative estimate of drug-likeness (QED) is 0.836. The Morgan fingerprint density at radius 2 is 1.76 bits per heavy atom. The second-order valence-corrected chi connectivity index (χ2v) is 8.11. The highest BCUT2D eigenvalue weighted by atomic mass is 15.2. The molecule has 3 heterocycles. The van der Waals surface area contributed by atoms with Crippen LogP contribution in [0.2, 0.25) is 0 Å². The lowest BCUT2D eigenvalue weighted by Gasteiger charge is -2.24. The van der Waals surface area contributed by atoms with E-state index in [4.69, 9.17) is 0 Å². The second-order valence-electron chi connectivity index (χ2n) is 8.11. The third-order valence-corrected chi connectivity index (χ3v) is 4.93. The van der Waals surface area contributed by atoms with E-state index in [1.807, 2.05) is 12.4 Å². The Labute approximate surface area is 128 Å². The van der Waals surface area contributed by atoms with Crippen LogP contribution >= 0.6 is 0 Å². The van der Waals surface area contributed by atoms with E-state index in [1.165, 1.54) is 44.6 Å². The van der Waals surface area contributed by atoms with Gasteiger partial charge < -0.3 is 4.90 Å². The highest BCUT2D eigenvalue weighted by Gasteiger charge is 2.42. The lowest BCUT2D eigenvalue weighted by atomic mass is 9.86. The Balaban J connectivity index is 1.60. The monoisotopic (exact) mass is 288 g/mol. The Hall–Kier alpha value is -1.00. The fourth-order valence-electron chi connectivity index (χ4n) is 3.74. The van der Waals surface area contributed by atoms with Crippen LogP contribution in [0.15, 0.2) is 12.4 Å². The molecule has 2 aliphatic heterocycles. The summed E-state index contributed by atoms with van der Waals surface area (Å²) in [6.45, 7) is 12.4. The third-order valence-electron chi connectivity index (χ3n) is 4.93. The van der Waals surface area contributed by atoms with E-state index in [2.05, 4.69) is 47.6 Å².